The van der Waals surface area contributed by atoms with Gasteiger partial charge in [0.1, 0.15) is 5.82 Å². The number of nitrogens with one attached hydrogen (secondary N) is 1. The van der Waals surface area contributed by atoms with E-state index < -0.39 is 23.5 Å². The van der Waals surface area contributed by atoms with E-state index in [0.717, 1.165) is 12.1 Å². The Morgan fingerprint density at radius 1 is 0.957 bits per heavy atom. The van der Waals surface area contributed by atoms with Crippen molar-refractivity contribution in [1.82, 2.24) is 9.97 Å². The van der Waals surface area contributed by atoms with E-state index in [1.165, 1.54) is 6.20 Å². The average Bonchev–Trinajstić information content (AvgIpc) is 2.93. The Balaban J connectivity index is 2.44. The van der Waals surface area contributed by atoms with Gasteiger partial charge in [-0.3, -0.25) is 0 Å². The van der Waals surface area contributed by atoms with Gasteiger partial charge in [0.2, 0.25) is 0 Å². The number of halogens is 6. The molecule has 126 valence electrons. The highest BCUT2D eigenvalue weighted by molar-refractivity contribution is 5.56. The minimum Gasteiger partial charge on any atom is -0.390 e. The van der Waals surface area contributed by atoms with Crippen LogP contribution in [0.2, 0.25) is 0 Å². The molecule has 1 heterocycles. The molecule has 0 unspecified atom stereocenters. The van der Waals surface area contributed by atoms with Gasteiger partial charge in [-0.05, 0) is 0 Å². The summed E-state index contributed by atoms with van der Waals surface area (Å²) in [7, 11) is 0. The molecular formula is C13H10F6N2O2. The van der Waals surface area contributed by atoms with Crippen LogP contribution in [0.4, 0.5) is 26.3 Å². The Bertz CT molecular complexity index is 661. The fraction of sp³-hybridized carbons (Fsp3) is 0.308. The summed E-state index contributed by atoms with van der Waals surface area (Å²) >= 11 is 0. The zero-order valence-electron chi connectivity index (χ0n) is 11.2. The van der Waals surface area contributed by atoms with Crippen LogP contribution in [0, 0.1) is 0 Å². The first-order valence-corrected chi connectivity index (χ1v) is 6.12. The summed E-state index contributed by atoms with van der Waals surface area (Å²) in [5.41, 5.74) is -5.86. The van der Waals surface area contributed by atoms with Crippen LogP contribution < -0.4 is 0 Å². The van der Waals surface area contributed by atoms with Crippen LogP contribution in [-0.4, -0.2) is 32.5 Å². The molecule has 0 aliphatic rings. The second kappa shape index (κ2) is 5.53. The maximum atomic E-state index is 12.7. The van der Waals surface area contributed by atoms with Gasteiger partial charge in [0, 0.05) is 17.3 Å². The first-order chi connectivity index (χ1) is 10.5. The molecule has 0 amide bonds. The number of alkyl halides is 6. The number of H-pyrrole nitrogens is 1. The molecule has 23 heavy (non-hydrogen) atoms. The summed E-state index contributed by atoms with van der Waals surface area (Å²) in [6, 6.07) is 2.96. The number of nitrogens with zero attached hydrogens (tertiary/aromatic N) is 1. The van der Waals surface area contributed by atoms with Crippen LogP contribution in [0.5, 0.6) is 0 Å². The number of aromatic amines is 1. The number of aliphatic hydroxyl groups is 2. The average molecular weight is 340 g/mol. The topological polar surface area (TPSA) is 69.1 Å². The smallest absolute Gasteiger partial charge is 0.390 e. The number of rotatable bonds is 3. The molecule has 1 aromatic carbocycles. The summed E-state index contributed by atoms with van der Waals surface area (Å²) in [6.07, 6.45) is -10.5. The Kier molecular flexibility index (Phi) is 4.16. The quantitative estimate of drug-likeness (QED) is 0.753. The third kappa shape index (κ3) is 2.91. The van der Waals surface area contributed by atoms with E-state index in [-0.39, 0.29) is 23.7 Å². The maximum Gasteiger partial charge on any atom is 0.430 e. The number of imidazole rings is 1. The lowest BCUT2D eigenvalue weighted by atomic mass is 9.91. The normalized spacial score (nSPS) is 13.4. The molecule has 0 saturated heterocycles. The Labute approximate surface area is 125 Å². The second-order valence-electron chi connectivity index (χ2n) is 4.68. The van der Waals surface area contributed by atoms with Crippen LogP contribution in [0.1, 0.15) is 11.3 Å². The first kappa shape index (κ1) is 17.3. The third-order valence-corrected chi connectivity index (χ3v) is 3.19. The molecule has 0 spiro atoms. The monoisotopic (exact) mass is 340 g/mol. The number of hydrogen-bond acceptors (Lipinski definition) is 3. The highest BCUT2D eigenvalue weighted by Crippen LogP contribution is 2.50. The minimum absolute atomic E-state index is 0.156. The van der Waals surface area contributed by atoms with E-state index in [2.05, 4.69) is 9.97 Å². The highest BCUT2D eigenvalue weighted by atomic mass is 19.4. The molecule has 0 atom stereocenters. The van der Waals surface area contributed by atoms with Crippen molar-refractivity contribution in [3.05, 3.63) is 41.7 Å². The largest absolute Gasteiger partial charge is 0.430 e. The SMILES string of the molecule is OCc1c[nH]c(-c2ccc(C(O)(C(F)(F)F)C(F)(F)F)cc2)n1. The molecule has 10 heteroatoms. The van der Waals surface area contributed by atoms with Gasteiger partial charge in [-0.15, -0.1) is 0 Å². The highest BCUT2D eigenvalue weighted by Gasteiger charge is 2.71. The summed E-state index contributed by atoms with van der Waals surface area (Å²) in [5, 5.41) is 18.1. The fourth-order valence-electron chi connectivity index (χ4n) is 1.95. The van der Waals surface area contributed by atoms with Gasteiger partial charge in [-0.25, -0.2) is 4.98 Å². The number of hydrogen-bond donors (Lipinski definition) is 3. The third-order valence-electron chi connectivity index (χ3n) is 3.19. The van der Waals surface area contributed by atoms with E-state index in [1.54, 1.807) is 0 Å². The second-order valence-corrected chi connectivity index (χ2v) is 4.68. The minimum atomic E-state index is -5.93. The molecule has 0 aliphatic heterocycles. The number of aromatic nitrogens is 2. The lowest BCUT2D eigenvalue weighted by Crippen LogP contribution is -2.53. The van der Waals surface area contributed by atoms with Crippen molar-refractivity contribution in [1.29, 1.82) is 0 Å². The zero-order valence-corrected chi connectivity index (χ0v) is 11.2. The summed E-state index contributed by atoms with van der Waals surface area (Å²) in [6.45, 7) is -0.378. The summed E-state index contributed by atoms with van der Waals surface area (Å²) < 4.78 is 76.5. The van der Waals surface area contributed by atoms with Crippen molar-refractivity contribution in [2.24, 2.45) is 0 Å². The standard InChI is InChI=1S/C13H10F6N2O2/c14-12(15,16)11(23,13(17,18)19)8-3-1-7(2-4-8)10-20-5-9(6-22)21-10/h1-5,22-23H,6H2,(H,20,21). The van der Waals surface area contributed by atoms with Gasteiger partial charge in [0.05, 0.1) is 12.3 Å². The van der Waals surface area contributed by atoms with Gasteiger partial charge in [0.25, 0.3) is 5.60 Å². The van der Waals surface area contributed by atoms with Crippen LogP contribution in [0.15, 0.2) is 30.5 Å². The molecule has 0 aliphatic carbocycles. The molecule has 2 rings (SSSR count). The number of aliphatic hydroxyl groups excluding tert-OH is 1. The van der Waals surface area contributed by atoms with Crippen molar-refractivity contribution in [3.63, 3.8) is 0 Å². The molecule has 0 bridgehead atoms. The molecule has 2 aromatic rings. The predicted octanol–water partition coefficient (Wildman–Crippen LogP) is 2.88. The van der Waals surface area contributed by atoms with Crippen molar-refractivity contribution < 1.29 is 36.6 Å². The van der Waals surface area contributed by atoms with E-state index in [1.807, 2.05) is 0 Å². The van der Waals surface area contributed by atoms with Gasteiger partial charge in [0.15, 0.2) is 0 Å². The van der Waals surface area contributed by atoms with E-state index in [9.17, 15) is 31.4 Å². The van der Waals surface area contributed by atoms with E-state index in [0.29, 0.717) is 12.1 Å². The van der Waals surface area contributed by atoms with Gasteiger partial charge >= 0.3 is 12.4 Å². The fourth-order valence-corrected chi connectivity index (χ4v) is 1.95. The van der Waals surface area contributed by atoms with Crippen molar-refractivity contribution >= 4 is 0 Å². The molecule has 3 N–H and O–H groups in total. The van der Waals surface area contributed by atoms with Crippen molar-refractivity contribution in [2.45, 2.75) is 24.6 Å². The van der Waals surface area contributed by atoms with Crippen LogP contribution in [0.25, 0.3) is 11.4 Å². The lowest BCUT2D eigenvalue weighted by molar-refractivity contribution is -0.376. The lowest BCUT2D eigenvalue weighted by Gasteiger charge is -2.32. The maximum absolute atomic E-state index is 12.7. The zero-order chi connectivity index (χ0) is 17.5. The van der Waals surface area contributed by atoms with Crippen molar-refractivity contribution in [3.8, 4) is 11.4 Å². The molecule has 0 saturated carbocycles. The van der Waals surface area contributed by atoms with E-state index in [4.69, 9.17) is 5.11 Å². The van der Waals surface area contributed by atoms with Gasteiger partial charge in [-0.1, -0.05) is 24.3 Å². The van der Waals surface area contributed by atoms with Crippen LogP contribution in [-0.2, 0) is 12.2 Å². The number of benzene rings is 1. The first-order valence-electron chi connectivity index (χ1n) is 6.12. The summed E-state index contributed by atoms with van der Waals surface area (Å²) in [4.78, 5) is 6.49. The molecule has 0 fully saturated rings. The van der Waals surface area contributed by atoms with Gasteiger partial charge in [-0.2, -0.15) is 26.3 Å². The predicted molar refractivity (Wildman–Crippen MR) is 66.0 cm³/mol. The molecule has 1 aromatic heterocycles. The van der Waals surface area contributed by atoms with Gasteiger partial charge < -0.3 is 15.2 Å². The molecule has 4 nitrogen and oxygen atoms in total. The van der Waals surface area contributed by atoms with Crippen LogP contribution >= 0.6 is 0 Å². The molecular weight excluding hydrogens is 330 g/mol. The Morgan fingerprint density at radius 2 is 1.48 bits per heavy atom. The Hall–Kier alpha value is -2.07. The van der Waals surface area contributed by atoms with E-state index >= 15 is 0 Å². The van der Waals surface area contributed by atoms with Crippen molar-refractivity contribution in [2.75, 3.05) is 0 Å². The Morgan fingerprint density at radius 3 is 1.87 bits per heavy atom. The molecule has 0 radical (unpaired) electrons. The summed E-state index contributed by atoms with van der Waals surface area (Å²) in [5.74, 6) is 0.156. The van der Waals surface area contributed by atoms with Crippen LogP contribution in [0.3, 0.4) is 0 Å².